The summed E-state index contributed by atoms with van der Waals surface area (Å²) in [5.41, 5.74) is 11.8. The van der Waals surface area contributed by atoms with Crippen molar-refractivity contribution in [3.8, 4) is 0 Å². The summed E-state index contributed by atoms with van der Waals surface area (Å²) >= 11 is 4.78. The third-order valence-corrected chi connectivity index (χ3v) is 3.99. The Morgan fingerprint density at radius 3 is 2.94 bits per heavy atom. The molecular formula is C11H12BrN3OS. The number of hydrogen-bond donors (Lipinski definition) is 3. The number of fused-ring (bicyclic) bond motifs is 1. The molecule has 4 nitrogen and oxygen atoms in total. The SMILES string of the molecule is NCCNC(=O)c1sc2cc(Br)ccc2c1N. The first-order valence-electron chi connectivity index (χ1n) is 5.09. The number of benzene rings is 1. The first-order valence-corrected chi connectivity index (χ1v) is 6.70. The van der Waals surface area contributed by atoms with E-state index in [-0.39, 0.29) is 5.91 Å². The molecule has 0 spiro atoms. The predicted molar refractivity (Wildman–Crippen MR) is 75.3 cm³/mol. The monoisotopic (exact) mass is 313 g/mol. The summed E-state index contributed by atoms with van der Waals surface area (Å²) in [6.45, 7) is 0.873. The number of nitrogen functional groups attached to an aromatic ring is 1. The van der Waals surface area contributed by atoms with E-state index in [1.807, 2.05) is 18.2 Å². The van der Waals surface area contributed by atoms with Gasteiger partial charge in [0.05, 0.1) is 5.69 Å². The number of hydrogen-bond acceptors (Lipinski definition) is 4. The molecule has 0 radical (unpaired) electrons. The van der Waals surface area contributed by atoms with Crippen LogP contribution >= 0.6 is 27.3 Å². The van der Waals surface area contributed by atoms with E-state index in [9.17, 15) is 4.79 Å². The molecular weight excluding hydrogens is 302 g/mol. The van der Waals surface area contributed by atoms with Gasteiger partial charge in [-0.2, -0.15) is 0 Å². The third-order valence-electron chi connectivity index (χ3n) is 2.33. The Morgan fingerprint density at radius 2 is 2.24 bits per heavy atom. The maximum Gasteiger partial charge on any atom is 0.263 e. The Labute approximate surface area is 111 Å². The van der Waals surface area contributed by atoms with Crippen LogP contribution in [0.2, 0.25) is 0 Å². The van der Waals surface area contributed by atoms with Crippen molar-refractivity contribution in [2.45, 2.75) is 0 Å². The van der Waals surface area contributed by atoms with Crippen molar-refractivity contribution in [3.63, 3.8) is 0 Å². The van der Waals surface area contributed by atoms with Crippen molar-refractivity contribution in [3.05, 3.63) is 27.5 Å². The predicted octanol–water partition coefficient (Wildman–Crippen LogP) is 1.93. The smallest absolute Gasteiger partial charge is 0.263 e. The number of amides is 1. The number of halogens is 1. The van der Waals surface area contributed by atoms with Crippen LogP contribution in [0.4, 0.5) is 5.69 Å². The summed E-state index contributed by atoms with van der Waals surface area (Å²) in [5.74, 6) is -0.162. The fourth-order valence-electron chi connectivity index (χ4n) is 1.53. The first-order chi connectivity index (χ1) is 8.13. The maximum atomic E-state index is 11.8. The lowest BCUT2D eigenvalue weighted by Crippen LogP contribution is -2.28. The first kappa shape index (κ1) is 12.3. The van der Waals surface area contributed by atoms with E-state index in [0.29, 0.717) is 23.7 Å². The maximum absolute atomic E-state index is 11.8. The van der Waals surface area contributed by atoms with E-state index in [0.717, 1.165) is 14.6 Å². The molecule has 0 aliphatic rings. The molecule has 1 heterocycles. The zero-order valence-corrected chi connectivity index (χ0v) is 11.4. The van der Waals surface area contributed by atoms with Crippen molar-refractivity contribution in [2.75, 3.05) is 18.8 Å². The quantitative estimate of drug-likeness (QED) is 0.810. The number of carbonyl (C=O) groups is 1. The molecule has 0 fully saturated rings. The Hall–Kier alpha value is -1.11. The molecule has 2 rings (SSSR count). The van der Waals surface area contributed by atoms with E-state index in [1.165, 1.54) is 11.3 Å². The summed E-state index contributed by atoms with van der Waals surface area (Å²) in [6.07, 6.45) is 0. The van der Waals surface area contributed by atoms with Crippen LogP contribution in [0.15, 0.2) is 22.7 Å². The Kier molecular flexibility index (Phi) is 3.66. The van der Waals surface area contributed by atoms with Crippen LogP contribution in [0, 0.1) is 0 Å². The van der Waals surface area contributed by atoms with Crippen LogP contribution in [0.5, 0.6) is 0 Å². The molecule has 17 heavy (non-hydrogen) atoms. The fraction of sp³-hybridized carbons (Fsp3) is 0.182. The van der Waals surface area contributed by atoms with Crippen molar-refractivity contribution < 1.29 is 4.79 Å². The van der Waals surface area contributed by atoms with Gasteiger partial charge < -0.3 is 16.8 Å². The number of nitrogens with two attached hydrogens (primary N) is 2. The lowest BCUT2D eigenvalue weighted by molar-refractivity contribution is 0.0959. The molecule has 0 aliphatic heterocycles. The number of thiophene rings is 1. The van der Waals surface area contributed by atoms with Gasteiger partial charge in [0.15, 0.2) is 0 Å². The normalized spacial score (nSPS) is 10.7. The number of carbonyl (C=O) groups excluding carboxylic acids is 1. The summed E-state index contributed by atoms with van der Waals surface area (Å²) in [7, 11) is 0. The van der Waals surface area contributed by atoms with Gasteiger partial charge in [0.1, 0.15) is 4.88 Å². The second kappa shape index (κ2) is 5.03. The van der Waals surface area contributed by atoms with Gasteiger partial charge in [0.2, 0.25) is 0 Å². The largest absolute Gasteiger partial charge is 0.397 e. The molecule has 0 bridgehead atoms. The second-order valence-electron chi connectivity index (χ2n) is 3.53. The molecule has 1 amide bonds. The van der Waals surface area contributed by atoms with Crippen LogP contribution in [0.3, 0.4) is 0 Å². The Bertz CT molecular complexity index is 567. The lowest BCUT2D eigenvalue weighted by Gasteiger charge is -2.01. The molecule has 5 N–H and O–H groups in total. The summed E-state index contributed by atoms with van der Waals surface area (Å²) in [5, 5.41) is 3.63. The highest BCUT2D eigenvalue weighted by molar-refractivity contribution is 9.10. The van der Waals surface area contributed by atoms with Crippen LogP contribution in [-0.4, -0.2) is 19.0 Å². The second-order valence-corrected chi connectivity index (χ2v) is 5.50. The van der Waals surface area contributed by atoms with Gasteiger partial charge >= 0.3 is 0 Å². The van der Waals surface area contributed by atoms with Crippen molar-refractivity contribution in [2.24, 2.45) is 5.73 Å². The van der Waals surface area contributed by atoms with Crippen LogP contribution in [0.25, 0.3) is 10.1 Å². The lowest BCUT2D eigenvalue weighted by atomic mass is 10.2. The van der Waals surface area contributed by atoms with Crippen LogP contribution < -0.4 is 16.8 Å². The number of rotatable bonds is 3. The van der Waals surface area contributed by atoms with Crippen molar-refractivity contribution >= 4 is 48.9 Å². The fourth-order valence-corrected chi connectivity index (χ4v) is 3.12. The summed E-state index contributed by atoms with van der Waals surface area (Å²) in [4.78, 5) is 12.4. The van der Waals surface area contributed by atoms with Gasteiger partial charge in [-0.05, 0) is 12.1 Å². The third kappa shape index (κ3) is 2.43. The van der Waals surface area contributed by atoms with Gasteiger partial charge in [-0.15, -0.1) is 11.3 Å². The van der Waals surface area contributed by atoms with Gasteiger partial charge in [-0.1, -0.05) is 22.0 Å². The van der Waals surface area contributed by atoms with E-state index in [4.69, 9.17) is 11.5 Å². The standard InChI is InChI=1S/C11H12BrN3OS/c12-6-1-2-7-8(5-6)17-10(9(7)14)11(16)15-4-3-13/h1-2,5H,3-4,13-14H2,(H,15,16). The van der Waals surface area contributed by atoms with E-state index in [2.05, 4.69) is 21.2 Å². The van der Waals surface area contributed by atoms with Gasteiger partial charge in [0, 0.05) is 27.6 Å². The summed E-state index contributed by atoms with van der Waals surface area (Å²) in [6, 6.07) is 5.77. The minimum Gasteiger partial charge on any atom is -0.397 e. The molecule has 0 saturated carbocycles. The highest BCUT2D eigenvalue weighted by atomic mass is 79.9. The number of anilines is 1. The van der Waals surface area contributed by atoms with Gasteiger partial charge in [0.25, 0.3) is 5.91 Å². The topological polar surface area (TPSA) is 81.1 Å². The average molecular weight is 314 g/mol. The Balaban J connectivity index is 2.41. The van der Waals surface area contributed by atoms with Crippen LogP contribution in [0.1, 0.15) is 9.67 Å². The molecule has 90 valence electrons. The zero-order chi connectivity index (χ0) is 12.4. The van der Waals surface area contributed by atoms with Gasteiger partial charge in [-0.3, -0.25) is 4.79 Å². The van der Waals surface area contributed by atoms with Gasteiger partial charge in [-0.25, -0.2) is 0 Å². The minimum atomic E-state index is -0.162. The molecule has 6 heteroatoms. The number of nitrogens with one attached hydrogen (secondary N) is 1. The molecule has 0 saturated heterocycles. The molecule has 0 unspecified atom stereocenters. The van der Waals surface area contributed by atoms with E-state index < -0.39 is 0 Å². The van der Waals surface area contributed by atoms with E-state index >= 15 is 0 Å². The molecule has 1 aromatic heterocycles. The molecule has 2 aromatic rings. The van der Waals surface area contributed by atoms with Crippen LogP contribution in [-0.2, 0) is 0 Å². The molecule has 0 aliphatic carbocycles. The minimum absolute atomic E-state index is 0.162. The highest BCUT2D eigenvalue weighted by Gasteiger charge is 2.15. The van der Waals surface area contributed by atoms with Crippen molar-refractivity contribution in [1.82, 2.24) is 5.32 Å². The highest BCUT2D eigenvalue weighted by Crippen LogP contribution is 2.35. The molecule has 1 aromatic carbocycles. The van der Waals surface area contributed by atoms with Crippen molar-refractivity contribution in [1.29, 1.82) is 0 Å². The Morgan fingerprint density at radius 1 is 1.47 bits per heavy atom. The zero-order valence-electron chi connectivity index (χ0n) is 9.00. The summed E-state index contributed by atoms with van der Waals surface area (Å²) < 4.78 is 1.97. The molecule has 0 atom stereocenters. The average Bonchev–Trinajstić information content (AvgIpc) is 2.63. The van der Waals surface area contributed by atoms with E-state index in [1.54, 1.807) is 0 Å².